The highest BCUT2D eigenvalue weighted by molar-refractivity contribution is 7.99. The molecule has 0 aromatic carbocycles. The highest BCUT2D eigenvalue weighted by Gasteiger charge is 2.36. The standard InChI is InChI=1S/C12H21NO3S/c14-11(15)10-8-17-7-6-13(10)9-12(16)4-2-1-3-5-12/h10,16H,1-9H2,(H,14,15). The van der Waals surface area contributed by atoms with Crippen molar-refractivity contribution in [3.63, 3.8) is 0 Å². The monoisotopic (exact) mass is 259 g/mol. The van der Waals surface area contributed by atoms with Crippen molar-refractivity contribution in [2.75, 3.05) is 24.6 Å². The van der Waals surface area contributed by atoms with Crippen LogP contribution < -0.4 is 0 Å². The van der Waals surface area contributed by atoms with Crippen molar-refractivity contribution in [2.45, 2.75) is 43.7 Å². The summed E-state index contributed by atoms with van der Waals surface area (Å²) in [7, 11) is 0. The van der Waals surface area contributed by atoms with Crippen LogP contribution in [0.4, 0.5) is 0 Å². The lowest BCUT2D eigenvalue weighted by Gasteiger charge is -2.40. The summed E-state index contributed by atoms with van der Waals surface area (Å²) >= 11 is 1.69. The molecule has 1 unspecified atom stereocenters. The largest absolute Gasteiger partial charge is 0.480 e. The fraction of sp³-hybridized carbons (Fsp3) is 0.917. The maximum Gasteiger partial charge on any atom is 0.321 e. The normalized spacial score (nSPS) is 30.1. The molecule has 2 N–H and O–H groups in total. The van der Waals surface area contributed by atoms with Gasteiger partial charge in [-0.1, -0.05) is 19.3 Å². The summed E-state index contributed by atoms with van der Waals surface area (Å²) < 4.78 is 0. The van der Waals surface area contributed by atoms with Gasteiger partial charge in [-0.25, -0.2) is 0 Å². The number of hydrogen-bond donors (Lipinski definition) is 2. The molecule has 2 rings (SSSR count). The third-order valence-electron chi connectivity index (χ3n) is 3.81. The minimum atomic E-state index is -0.753. The number of carbonyl (C=O) groups is 1. The van der Waals surface area contributed by atoms with Gasteiger partial charge in [-0.3, -0.25) is 9.69 Å². The van der Waals surface area contributed by atoms with Gasteiger partial charge in [0.05, 0.1) is 5.60 Å². The zero-order valence-corrected chi connectivity index (χ0v) is 10.9. The molecular formula is C12H21NO3S. The molecule has 1 saturated carbocycles. The first kappa shape index (κ1) is 13.2. The van der Waals surface area contributed by atoms with E-state index in [4.69, 9.17) is 0 Å². The Hall–Kier alpha value is -0.260. The molecule has 1 aliphatic heterocycles. The molecule has 2 aliphatic rings. The van der Waals surface area contributed by atoms with Crippen molar-refractivity contribution >= 4 is 17.7 Å². The summed E-state index contributed by atoms with van der Waals surface area (Å²) in [6.45, 7) is 1.31. The molecule has 1 saturated heterocycles. The summed E-state index contributed by atoms with van der Waals surface area (Å²) in [5.41, 5.74) is -0.645. The Balaban J connectivity index is 1.97. The van der Waals surface area contributed by atoms with Crippen molar-refractivity contribution in [3.05, 3.63) is 0 Å². The van der Waals surface area contributed by atoms with Crippen LogP contribution in [0.1, 0.15) is 32.1 Å². The maximum atomic E-state index is 11.2. The molecule has 0 aromatic rings. The van der Waals surface area contributed by atoms with Gasteiger partial charge in [0.2, 0.25) is 0 Å². The average Bonchev–Trinajstić information content (AvgIpc) is 2.29. The van der Waals surface area contributed by atoms with E-state index in [-0.39, 0.29) is 0 Å². The Bertz CT molecular complexity index is 279. The molecule has 1 aliphatic carbocycles. The predicted molar refractivity (Wildman–Crippen MR) is 68.4 cm³/mol. The van der Waals surface area contributed by atoms with Crippen molar-refractivity contribution < 1.29 is 15.0 Å². The first-order valence-corrected chi connectivity index (χ1v) is 7.53. The number of aliphatic hydroxyl groups is 1. The first-order chi connectivity index (χ1) is 8.11. The Kier molecular flexibility index (Phi) is 4.33. The number of thioether (sulfide) groups is 1. The zero-order valence-electron chi connectivity index (χ0n) is 10.1. The number of carboxylic acids is 1. The minimum absolute atomic E-state index is 0.417. The van der Waals surface area contributed by atoms with E-state index < -0.39 is 17.6 Å². The lowest BCUT2D eigenvalue weighted by Crippen LogP contribution is -2.54. The summed E-state index contributed by atoms with van der Waals surface area (Å²) in [5.74, 6) is 0.863. The zero-order chi connectivity index (χ0) is 12.3. The molecule has 2 fully saturated rings. The number of nitrogens with zero attached hydrogens (tertiary/aromatic N) is 1. The van der Waals surface area contributed by atoms with Gasteiger partial charge in [0, 0.05) is 24.6 Å². The number of β-amino-alcohol motifs (C(OH)–C–C–N with tert-alkyl or cyclic N) is 1. The van der Waals surface area contributed by atoms with Crippen LogP contribution in [-0.2, 0) is 4.79 Å². The molecule has 0 spiro atoms. The van der Waals surface area contributed by atoms with Crippen LogP contribution in [0.15, 0.2) is 0 Å². The van der Waals surface area contributed by atoms with E-state index in [1.54, 1.807) is 11.8 Å². The van der Waals surface area contributed by atoms with Gasteiger partial charge in [-0.05, 0) is 12.8 Å². The fourth-order valence-corrected chi connectivity index (χ4v) is 3.91. The molecule has 0 aromatic heterocycles. The number of hydrogen-bond acceptors (Lipinski definition) is 4. The second kappa shape index (κ2) is 5.59. The van der Waals surface area contributed by atoms with Gasteiger partial charge < -0.3 is 10.2 Å². The molecule has 1 heterocycles. The van der Waals surface area contributed by atoms with E-state index in [9.17, 15) is 15.0 Å². The SMILES string of the molecule is O=C(O)C1CSCCN1CC1(O)CCCCC1. The van der Waals surface area contributed by atoms with Crippen LogP contribution in [0.2, 0.25) is 0 Å². The Morgan fingerprint density at radius 1 is 1.35 bits per heavy atom. The van der Waals surface area contributed by atoms with Crippen LogP contribution in [-0.4, -0.2) is 57.3 Å². The lowest BCUT2D eigenvalue weighted by atomic mass is 9.84. The molecule has 1 atom stereocenters. The predicted octanol–water partition coefficient (Wildman–Crippen LogP) is 1.18. The average molecular weight is 259 g/mol. The molecular weight excluding hydrogens is 238 g/mol. The van der Waals surface area contributed by atoms with Gasteiger partial charge >= 0.3 is 5.97 Å². The Morgan fingerprint density at radius 2 is 2.06 bits per heavy atom. The summed E-state index contributed by atoms with van der Waals surface area (Å²) in [5, 5.41) is 19.7. The van der Waals surface area contributed by atoms with E-state index in [1.807, 2.05) is 4.90 Å². The molecule has 0 amide bonds. The van der Waals surface area contributed by atoms with Gasteiger partial charge in [0.15, 0.2) is 0 Å². The molecule has 0 radical (unpaired) electrons. The summed E-state index contributed by atoms with van der Waals surface area (Å²) in [4.78, 5) is 13.1. The first-order valence-electron chi connectivity index (χ1n) is 6.38. The summed E-state index contributed by atoms with van der Waals surface area (Å²) in [6, 6.07) is -0.417. The van der Waals surface area contributed by atoms with Crippen LogP contribution in [0.25, 0.3) is 0 Å². The van der Waals surface area contributed by atoms with Gasteiger partial charge in [0.1, 0.15) is 6.04 Å². The van der Waals surface area contributed by atoms with Crippen molar-refractivity contribution in [2.24, 2.45) is 0 Å². The van der Waals surface area contributed by atoms with Crippen LogP contribution in [0, 0.1) is 0 Å². The number of aliphatic carboxylic acids is 1. The number of carboxylic acid groups (broad SMARTS) is 1. The second-order valence-electron chi connectivity index (χ2n) is 5.18. The van der Waals surface area contributed by atoms with E-state index in [0.29, 0.717) is 12.3 Å². The summed E-state index contributed by atoms with van der Waals surface area (Å²) in [6.07, 6.45) is 4.97. The molecule has 5 heteroatoms. The smallest absolute Gasteiger partial charge is 0.321 e. The lowest BCUT2D eigenvalue weighted by molar-refractivity contribution is -0.144. The second-order valence-corrected chi connectivity index (χ2v) is 6.33. The quantitative estimate of drug-likeness (QED) is 0.797. The Morgan fingerprint density at radius 3 is 2.71 bits per heavy atom. The fourth-order valence-electron chi connectivity index (χ4n) is 2.80. The van der Waals surface area contributed by atoms with Gasteiger partial charge in [-0.15, -0.1) is 0 Å². The van der Waals surface area contributed by atoms with Crippen LogP contribution in [0.3, 0.4) is 0 Å². The highest BCUT2D eigenvalue weighted by Crippen LogP contribution is 2.30. The van der Waals surface area contributed by atoms with Crippen molar-refractivity contribution in [1.82, 2.24) is 4.90 Å². The van der Waals surface area contributed by atoms with Crippen molar-refractivity contribution in [1.29, 1.82) is 0 Å². The van der Waals surface area contributed by atoms with Crippen LogP contribution >= 0.6 is 11.8 Å². The van der Waals surface area contributed by atoms with Crippen LogP contribution in [0.5, 0.6) is 0 Å². The molecule has 0 bridgehead atoms. The van der Waals surface area contributed by atoms with Gasteiger partial charge in [-0.2, -0.15) is 11.8 Å². The topological polar surface area (TPSA) is 60.8 Å². The molecule has 17 heavy (non-hydrogen) atoms. The van der Waals surface area contributed by atoms with E-state index in [0.717, 1.165) is 38.0 Å². The van der Waals surface area contributed by atoms with Gasteiger partial charge in [0.25, 0.3) is 0 Å². The van der Waals surface area contributed by atoms with E-state index in [2.05, 4.69) is 0 Å². The Labute approximate surface area is 106 Å². The van der Waals surface area contributed by atoms with Crippen molar-refractivity contribution in [3.8, 4) is 0 Å². The molecule has 98 valence electrons. The van der Waals surface area contributed by atoms with E-state index in [1.165, 1.54) is 6.42 Å². The highest BCUT2D eigenvalue weighted by atomic mass is 32.2. The number of rotatable bonds is 3. The minimum Gasteiger partial charge on any atom is -0.480 e. The molecule has 4 nitrogen and oxygen atoms in total. The third kappa shape index (κ3) is 3.36. The maximum absolute atomic E-state index is 11.2. The van der Waals surface area contributed by atoms with E-state index >= 15 is 0 Å². The third-order valence-corrected chi connectivity index (χ3v) is 4.83.